The molecule has 2 fully saturated rings. The molecule has 25 heavy (non-hydrogen) atoms. The van der Waals surface area contributed by atoms with Gasteiger partial charge in [0.2, 0.25) is 5.89 Å². The molecular formula is C19H23N5O. The summed E-state index contributed by atoms with van der Waals surface area (Å²) in [5.41, 5.74) is 1.93. The van der Waals surface area contributed by atoms with Gasteiger partial charge in [-0.1, -0.05) is 17.3 Å². The number of nitriles is 1. The minimum atomic E-state index is 0.170. The first-order valence-corrected chi connectivity index (χ1v) is 9.02. The molecule has 1 aliphatic heterocycles. The minimum absolute atomic E-state index is 0.170. The highest BCUT2D eigenvalue weighted by Gasteiger charge is 2.31. The summed E-state index contributed by atoms with van der Waals surface area (Å²) in [6, 6.07) is 10.3. The van der Waals surface area contributed by atoms with Crippen molar-refractivity contribution in [3.05, 3.63) is 47.1 Å². The fraction of sp³-hybridized carbons (Fsp3) is 0.526. The van der Waals surface area contributed by atoms with Crippen LogP contribution in [0.15, 0.2) is 28.8 Å². The van der Waals surface area contributed by atoms with Gasteiger partial charge in [0.05, 0.1) is 17.7 Å². The van der Waals surface area contributed by atoms with Gasteiger partial charge in [0, 0.05) is 38.6 Å². The minimum Gasteiger partial charge on any atom is -0.338 e. The second-order valence-electron chi connectivity index (χ2n) is 7.07. The first kappa shape index (κ1) is 16.2. The van der Waals surface area contributed by atoms with E-state index < -0.39 is 0 Å². The van der Waals surface area contributed by atoms with Crippen molar-refractivity contribution in [3.8, 4) is 6.07 Å². The van der Waals surface area contributed by atoms with E-state index in [1.54, 1.807) is 0 Å². The van der Waals surface area contributed by atoms with Crippen LogP contribution in [0, 0.1) is 11.3 Å². The summed E-state index contributed by atoms with van der Waals surface area (Å²) in [5.74, 6) is 2.17. The van der Waals surface area contributed by atoms with Gasteiger partial charge >= 0.3 is 0 Å². The molecule has 1 aromatic carbocycles. The summed E-state index contributed by atoms with van der Waals surface area (Å²) in [6.07, 6.45) is 2.39. The summed E-state index contributed by atoms with van der Waals surface area (Å²) < 4.78 is 5.48. The molecule has 2 heterocycles. The highest BCUT2D eigenvalue weighted by atomic mass is 16.5. The number of nitrogens with zero attached hydrogens (tertiary/aromatic N) is 5. The van der Waals surface area contributed by atoms with Gasteiger partial charge in [-0.15, -0.1) is 0 Å². The Hall–Kier alpha value is -2.23. The number of piperazine rings is 1. The molecule has 0 spiro atoms. The van der Waals surface area contributed by atoms with E-state index in [1.807, 2.05) is 18.2 Å². The molecule has 6 heteroatoms. The zero-order chi connectivity index (χ0) is 17.2. The average molecular weight is 337 g/mol. The Morgan fingerprint density at radius 1 is 1.28 bits per heavy atom. The largest absolute Gasteiger partial charge is 0.338 e. The van der Waals surface area contributed by atoms with Crippen molar-refractivity contribution < 1.29 is 4.52 Å². The molecule has 1 unspecified atom stereocenters. The van der Waals surface area contributed by atoms with E-state index in [1.165, 1.54) is 18.4 Å². The molecule has 130 valence electrons. The third kappa shape index (κ3) is 3.73. The van der Waals surface area contributed by atoms with E-state index in [0.29, 0.717) is 5.92 Å². The number of hydrogen-bond donors (Lipinski definition) is 0. The summed E-state index contributed by atoms with van der Waals surface area (Å²) in [4.78, 5) is 9.43. The first-order chi connectivity index (χ1) is 12.2. The number of hydrogen-bond acceptors (Lipinski definition) is 6. The normalized spacial score (nSPS) is 20.3. The monoisotopic (exact) mass is 337 g/mol. The van der Waals surface area contributed by atoms with Crippen LogP contribution in [-0.2, 0) is 6.54 Å². The number of aromatic nitrogens is 2. The van der Waals surface area contributed by atoms with Crippen molar-refractivity contribution in [1.82, 2.24) is 19.9 Å². The van der Waals surface area contributed by atoms with Crippen molar-refractivity contribution >= 4 is 0 Å². The number of benzene rings is 1. The van der Waals surface area contributed by atoms with Gasteiger partial charge in [-0.3, -0.25) is 9.80 Å². The van der Waals surface area contributed by atoms with Crippen LogP contribution in [0.25, 0.3) is 0 Å². The molecule has 1 aromatic heterocycles. The van der Waals surface area contributed by atoms with Gasteiger partial charge < -0.3 is 4.52 Å². The maximum atomic E-state index is 9.02. The van der Waals surface area contributed by atoms with Crippen LogP contribution in [0.1, 0.15) is 54.6 Å². The average Bonchev–Trinajstić information content (AvgIpc) is 3.39. The predicted molar refractivity (Wildman–Crippen MR) is 92.7 cm³/mol. The Bertz CT molecular complexity index is 768. The van der Waals surface area contributed by atoms with E-state index in [4.69, 9.17) is 9.78 Å². The third-order valence-corrected chi connectivity index (χ3v) is 5.17. The Balaban J connectivity index is 1.32. The first-order valence-electron chi connectivity index (χ1n) is 9.02. The van der Waals surface area contributed by atoms with Gasteiger partial charge in [0.1, 0.15) is 0 Å². The molecule has 0 N–H and O–H groups in total. The molecule has 2 aliphatic rings. The van der Waals surface area contributed by atoms with E-state index in [-0.39, 0.29) is 6.04 Å². The quantitative estimate of drug-likeness (QED) is 0.835. The second-order valence-corrected chi connectivity index (χ2v) is 7.07. The van der Waals surface area contributed by atoms with Gasteiger partial charge in [-0.05, 0) is 37.5 Å². The molecule has 1 saturated carbocycles. The van der Waals surface area contributed by atoms with E-state index in [2.05, 4.69) is 39.0 Å². The molecule has 0 radical (unpaired) electrons. The third-order valence-electron chi connectivity index (χ3n) is 5.17. The second kappa shape index (κ2) is 6.95. The Morgan fingerprint density at radius 3 is 2.80 bits per heavy atom. The van der Waals surface area contributed by atoms with Gasteiger partial charge in [-0.2, -0.15) is 10.2 Å². The van der Waals surface area contributed by atoms with Gasteiger partial charge in [-0.25, -0.2) is 0 Å². The van der Waals surface area contributed by atoms with Gasteiger partial charge in [0.15, 0.2) is 5.82 Å². The number of rotatable bonds is 5. The van der Waals surface area contributed by atoms with E-state index in [9.17, 15) is 0 Å². The van der Waals surface area contributed by atoms with Crippen LogP contribution in [0.3, 0.4) is 0 Å². The summed E-state index contributed by atoms with van der Waals surface area (Å²) in [5, 5.41) is 13.2. The van der Waals surface area contributed by atoms with Crippen molar-refractivity contribution in [1.29, 1.82) is 5.26 Å². The zero-order valence-electron chi connectivity index (χ0n) is 14.6. The standard InChI is InChI=1S/C19H23N5O/c1-14(19-21-18(22-25-19)17-5-6-17)24-9-7-23(8-10-24)13-16-4-2-3-15(11-16)12-20/h2-4,11,14,17H,5-10,13H2,1H3. The molecule has 0 amide bonds. The SMILES string of the molecule is CC(c1nc(C2CC2)no1)N1CCN(Cc2cccc(C#N)c2)CC1. The summed E-state index contributed by atoms with van der Waals surface area (Å²) in [7, 11) is 0. The van der Waals surface area contributed by atoms with Crippen molar-refractivity contribution in [2.24, 2.45) is 0 Å². The smallest absolute Gasteiger partial charge is 0.243 e. The molecule has 6 nitrogen and oxygen atoms in total. The fourth-order valence-corrected chi connectivity index (χ4v) is 3.39. The van der Waals surface area contributed by atoms with Crippen LogP contribution >= 0.6 is 0 Å². The predicted octanol–water partition coefficient (Wildman–Crippen LogP) is 2.70. The summed E-state index contributed by atoms with van der Waals surface area (Å²) >= 11 is 0. The van der Waals surface area contributed by atoms with Crippen LogP contribution in [-0.4, -0.2) is 46.1 Å². The summed E-state index contributed by atoms with van der Waals surface area (Å²) in [6.45, 7) is 7.02. The fourth-order valence-electron chi connectivity index (χ4n) is 3.39. The molecule has 1 aliphatic carbocycles. The topological polar surface area (TPSA) is 69.2 Å². The maximum Gasteiger partial charge on any atom is 0.243 e. The van der Waals surface area contributed by atoms with Gasteiger partial charge in [0.25, 0.3) is 0 Å². The highest BCUT2D eigenvalue weighted by Crippen LogP contribution is 2.38. The van der Waals surface area contributed by atoms with Crippen LogP contribution < -0.4 is 0 Å². The lowest BCUT2D eigenvalue weighted by molar-refractivity contribution is 0.0845. The highest BCUT2D eigenvalue weighted by molar-refractivity contribution is 5.32. The Labute approximate surface area is 148 Å². The van der Waals surface area contributed by atoms with Crippen molar-refractivity contribution in [2.45, 2.75) is 38.3 Å². The molecular weight excluding hydrogens is 314 g/mol. The lowest BCUT2D eigenvalue weighted by Gasteiger charge is -2.36. The van der Waals surface area contributed by atoms with Crippen LogP contribution in [0.4, 0.5) is 0 Å². The van der Waals surface area contributed by atoms with Crippen molar-refractivity contribution in [2.75, 3.05) is 26.2 Å². The molecule has 4 rings (SSSR count). The molecule has 2 aromatic rings. The Morgan fingerprint density at radius 2 is 2.08 bits per heavy atom. The lowest BCUT2D eigenvalue weighted by Crippen LogP contribution is -2.46. The Kier molecular flexibility index (Phi) is 4.51. The van der Waals surface area contributed by atoms with Crippen LogP contribution in [0.2, 0.25) is 0 Å². The molecule has 1 saturated heterocycles. The zero-order valence-corrected chi connectivity index (χ0v) is 14.6. The lowest BCUT2D eigenvalue weighted by atomic mass is 10.1. The maximum absolute atomic E-state index is 9.02. The van der Waals surface area contributed by atoms with Crippen LogP contribution in [0.5, 0.6) is 0 Å². The molecule has 0 bridgehead atoms. The van der Waals surface area contributed by atoms with E-state index in [0.717, 1.165) is 50.0 Å². The molecule has 1 atom stereocenters. The van der Waals surface area contributed by atoms with E-state index >= 15 is 0 Å². The van der Waals surface area contributed by atoms with Crippen molar-refractivity contribution in [3.63, 3.8) is 0 Å².